The minimum atomic E-state index is -0.0997. The highest BCUT2D eigenvalue weighted by Gasteiger charge is 2.38. The third-order valence-corrected chi connectivity index (χ3v) is 5.62. The van der Waals surface area contributed by atoms with Crippen molar-refractivity contribution in [2.24, 2.45) is 0 Å². The van der Waals surface area contributed by atoms with Crippen molar-refractivity contribution in [3.63, 3.8) is 0 Å². The lowest BCUT2D eigenvalue weighted by Gasteiger charge is -2.40. The second kappa shape index (κ2) is 10.1. The van der Waals surface area contributed by atoms with Crippen molar-refractivity contribution in [3.05, 3.63) is 102 Å². The van der Waals surface area contributed by atoms with Gasteiger partial charge in [-0.2, -0.15) is 0 Å². The summed E-state index contributed by atoms with van der Waals surface area (Å²) in [6.07, 6.45) is 0.469. The molecule has 0 radical (unpaired) electrons. The molecule has 0 saturated carbocycles. The van der Waals surface area contributed by atoms with Crippen LogP contribution >= 0.6 is 0 Å². The molecule has 3 atom stereocenters. The highest BCUT2D eigenvalue weighted by molar-refractivity contribution is 5.79. The van der Waals surface area contributed by atoms with Crippen LogP contribution in [0.5, 0.6) is 5.75 Å². The molecule has 3 aromatic carbocycles. The molecule has 5 heteroatoms. The number of benzene rings is 3. The van der Waals surface area contributed by atoms with E-state index in [0.29, 0.717) is 13.0 Å². The van der Waals surface area contributed by atoms with Gasteiger partial charge in [-0.05, 0) is 17.2 Å². The van der Waals surface area contributed by atoms with Crippen molar-refractivity contribution in [2.75, 3.05) is 7.11 Å². The molecule has 3 aromatic rings. The third-order valence-electron chi connectivity index (χ3n) is 5.62. The predicted molar refractivity (Wildman–Crippen MR) is 120 cm³/mol. The Morgan fingerprint density at radius 1 is 0.900 bits per heavy atom. The maximum Gasteiger partial charge on any atom is 0.221 e. The maximum absolute atomic E-state index is 12.6. The predicted octanol–water partition coefficient (Wildman–Crippen LogP) is 4.36. The number of methoxy groups -OCH3 is 1. The molecule has 3 unspecified atom stereocenters. The summed E-state index contributed by atoms with van der Waals surface area (Å²) in [5.74, 6) is 1.04. The normalized spacial score (nSPS) is 20.7. The molecule has 0 spiro atoms. The summed E-state index contributed by atoms with van der Waals surface area (Å²) in [5.41, 5.74) is 3.39. The number of hydrogen-bond donors (Lipinski definition) is 3. The average molecular weight is 404 g/mol. The fourth-order valence-electron chi connectivity index (χ4n) is 4.19. The van der Waals surface area contributed by atoms with Crippen LogP contribution in [0.4, 0.5) is 0 Å². The number of carbonyl (C=O) groups is 1. The van der Waals surface area contributed by atoms with Crippen molar-refractivity contribution < 1.29 is 9.53 Å². The van der Waals surface area contributed by atoms with Crippen LogP contribution < -0.4 is 21.5 Å². The van der Waals surface area contributed by atoms with Gasteiger partial charge < -0.3 is 21.5 Å². The first kappa shape index (κ1) is 21.6. The molecule has 0 bridgehead atoms. The lowest BCUT2D eigenvalue weighted by atomic mass is 9.79. The second-order valence-electron chi connectivity index (χ2n) is 7.40. The van der Waals surface area contributed by atoms with Gasteiger partial charge in [0.1, 0.15) is 5.75 Å². The summed E-state index contributed by atoms with van der Waals surface area (Å²) in [7, 11) is 1.69. The highest BCUT2D eigenvalue weighted by atomic mass is 16.5. The van der Waals surface area contributed by atoms with Gasteiger partial charge in [0.25, 0.3) is 0 Å². The summed E-state index contributed by atoms with van der Waals surface area (Å²) >= 11 is 0. The van der Waals surface area contributed by atoms with Crippen LogP contribution in [0, 0.1) is 0 Å². The molecule has 156 valence electrons. The fraction of sp³-hybridized carbons (Fsp3) is 0.240. The van der Waals surface area contributed by atoms with Gasteiger partial charge in [0.15, 0.2) is 0 Å². The molecule has 1 fully saturated rings. The van der Waals surface area contributed by atoms with E-state index in [0.717, 1.165) is 16.9 Å². The molecule has 30 heavy (non-hydrogen) atoms. The lowest BCUT2D eigenvalue weighted by Crippen LogP contribution is -2.52. The first-order valence-electron chi connectivity index (χ1n) is 10.0. The Bertz CT molecular complexity index is 895. The quantitative estimate of drug-likeness (QED) is 0.571. The van der Waals surface area contributed by atoms with E-state index in [4.69, 9.17) is 4.74 Å². The first-order valence-corrected chi connectivity index (χ1v) is 10.0. The van der Waals surface area contributed by atoms with Crippen molar-refractivity contribution in [2.45, 2.75) is 31.0 Å². The van der Waals surface area contributed by atoms with Gasteiger partial charge in [0.05, 0.1) is 13.2 Å². The number of para-hydroxylation sites is 1. The van der Waals surface area contributed by atoms with Gasteiger partial charge >= 0.3 is 0 Å². The Morgan fingerprint density at radius 2 is 1.50 bits per heavy atom. The topological polar surface area (TPSA) is 85.4 Å². The Hall–Kier alpha value is -3.15. The van der Waals surface area contributed by atoms with Gasteiger partial charge in [-0.25, -0.2) is 0 Å². The smallest absolute Gasteiger partial charge is 0.221 e. The standard InChI is InChI=1S/C25H26N2O2.H3N/c1-29-22-15-9-8-14-20(22)17-26-25-21(18-10-4-2-5-11-18)16-23(28)27-24(25)19-12-6-3-7-13-19;/h2-15,21,24-26H,16-17H2,1H3,(H,27,28);1H3. The summed E-state index contributed by atoms with van der Waals surface area (Å²) < 4.78 is 5.52. The molecule has 5 nitrogen and oxygen atoms in total. The zero-order valence-electron chi connectivity index (χ0n) is 17.3. The zero-order valence-corrected chi connectivity index (χ0v) is 17.3. The number of carbonyl (C=O) groups excluding carboxylic acids is 1. The van der Waals surface area contributed by atoms with Crippen LogP contribution in [0.1, 0.15) is 35.1 Å². The van der Waals surface area contributed by atoms with E-state index >= 15 is 0 Å². The van der Waals surface area contributed by atoms with Crippen LogP contribution in [0.15, 0.2) is 84.9 Å². The number of rotatable bonds is 6. The number of piperidine rings is 1. The molecule has 1 aliphatic heterocycles. The summed E-state index contributed by atoms with van der Waals surface area (Å²) in [5, 5.41) is 6.95. The average Bonchev–Trinajstić information content (AvgIpc) is 2.79. The maximum atomic E-state index is 12.6. The van der Waals surface area contributed by atoms with E-state index in [1.165, 1.54) is 5.56 Å². The van der Waals surface area contributed by atoms with Crippen LogP contribution in [0.2, 0.25) is 0 Å². The van der Waals surface area contributed by atoms with Crippen molar-refractivity contribution >= 4 is 5.91 Å². The molecule has 0 aliphatic carbocycles. The van der Waals surface area contributed by atoms with Gasteiger partial charge in [-0.15, -0.1) is 0 Å². The van der Waals surface area contributed by atoms with E-state index in [-0.39, 0.29) is 30.1 Å². The molecule has 5 N–H and O–H groups in total. The fourth-order valence-corrected chi connectivity index (χ4v) is 4.19. The Morgan fingerprint density at radius 3 is 2.17 bits per heavy atom. The molecule has 1 amide bonds. The number of amides is 1. The largest absolute Gasteiger partial charge is 0.496 e. The lowest BCUT2D eigenvalue weighted by molar-refractivity contribution is -0.124. The van der Waals surface area contributed by atoms with Gasteiger partial charge in [0.2, 0.25) is 5.91 Å². The first-order chi connectivity index (χ1) is 14.3. The molecule has 1 aliphatic rings. The van der Waals surface area contributed by atoms with Crippen molar-refractivity contribution in [1.29, 1.82) is 0 Å². The molecule has 0 aromatic heterocycles. The molecular weight excluding hydrogens is 374 g/mol. The summed E-state index contributed by atoms with van der Waals surface area (Å²) in [4.78, 5) is 12.6. The molecule has 4 rings (SSSR count). The van der Waals surface area contributed by atoms with E-state index in [2.05, 4.69) is 41.0 Å². The van der Waals surface area contributed by atoms with Gasteiger partial charge in [-0.3, -0.25) is 4.79 Å². The van der Waals surface area contributed by atoms with E-state index in [1.54, 1.807) is 7.11 Å². The van der Waals surface area contributed by atoms with Crippen LogP contribution in [0.25, 0.3) is 0 Å². The van der Waals surface area contributed by atoms with Crippen LogP contribution in [0.3, 0.4) is 0 Å². The number of nitrogens with one attached hydrogen (secondary N) is 2. The second-order valence-corrected chi connectivity index (χ2v) is 7.40. The summed E-state index contributed by atoms with van der Waals surface area (Å²) in [6.45, 7) is 0.664. The molecule has 1 heterocycles. The Labute approximate surface area is 178 Å². The van der Waals surface area contributed by atoms with Gasteiger partial charge in [0, 0.05) is 30.5 Å². The summed E-state index contributed by atoms with van der Waals surface area (Å²) in [6, 6.07) is 28.5. The zero-order chi connectivity index (χ0) is 20.1. The van der Waals surface area contributed by atoms with E-state index in [1.807, 2.05) is 54.6 Å². The monoisotopic (exact) mass is 403 g/mol. The Kier molecular flexibility index (Phi) is 7.22. The van der Waals surface area contributed by atoms with Crippen LogP contribution in [-0.4, -0.2) is 19.1 Å². The van der Waals surface area contributed by atoms with E-state index < -0.39 is 0 Å². The SMILES string of the molecule is COc1ccccc1CNC1C(c2ccccc2)CC(=O)NC1c1ccccc1.N. The van der Waals surface area contributed by atoms with Crippen LogP contribution in [-0.2, 0) is 11.3 Å². The number of hydrogen-bond acceptors (Lipinski definition) is 4. The van der Waals surface area contributed by atoms with Crippen molar-refractivity contribution in [1.82, 2.24) is 16.8 Å². The number of ether oxygens (including phenoxy) is 1. The minimum absolute atomic E-state index is 0. The Balaban J connectivity index is 0.00000256. The third kappa shape index (κ3) is 4.70. The van der Waals surface area contributed by atoms with E-state index in [9.17, 15) is 4.79 Å². The highest BCUT2D eigenvalue weighted by Crippen LogP contribution is 2.35. The minimum Gasteiger partial charge on any atom is -0.496 e. The van der Waals surface area contributed by atoms with Crippen molar-refractivity contribution in [3.8, 4) is 5.75 Å². The van der Waals surface area contributed by atoms with Gasteiger partial charge in [-0.1, -0.05) is 78.9 Å². The molecular formula is C25H29N3O2. The molecule has 1 saturated heterocycles.